The van der Waals surface area contributed by atoms with E-state index in [2.05, 4.69) is 148 Å². The molecule has 0 aliphatic carbocycles. The molecule has 0 fully saturated rings. The number of nitrogens with zero attached hydrogens (tertiary/aromatic N) is 2. The van der Waals surface area contributed by atoms with Gasteiger partial charge in [-0.1, -0.05) is 125 Å². The lowest BCUT2D eigenvalue weighted by atomic mass is 10.0. The molecular formula is C50H54N4. The third-order valence-electron chi connectivity index (χ3n) is 10.9. The van der Waals surface area contributed by atoms with E-state index in [1.165, 1.54) is 49.7 Å². The van der Waals surface area contributed by atoms with Crippen molar-refractivity contribution in [3.8, 4) is 22.3 Å². The van der Waals surface area contributed by atoms with Gasteiger partial charge < -0.3 is 9.97 Å². The van der Waals surface area contributed by atoms with Gasteiger partial charge in [0.2, 0.25) is 0 Å². The molecule has 54 heavy (non-hydrogen) atoms. The highest BCUT2D eigenvalue weighted by atomic mass is 14.8. The molecule has 5 aromatic rings. The fourth-order valence-corrected chi connectivity index (χ4v) is 7.76. The molecule has 5 heterocycles. The van der Waals surface area contributed by atoms with Gasteiger partial charge in [-0.25, -0.2) is 9.97 Å². The van der Waals surface area contributed by atoms with Gasteiger partial charge >= 0.3 is 0 Å². The van der Waals surface area contributed by atoms with Crippen LogP contribution in [0.25, 0.3) is 79.8 Å². The molecule has 2 aromatic carbocycles. The van der Waals surface area contributed by atoms with Crippen LogP contribution in [0.2, 0.25) is 0 Å². The van der Waals surface area contributed by atoms with Crippen LogP contribution in [0.1, 0.15) is 124 Å². The molecule has 0 saturated heterocycles. The first kappa shape index (κ1) is 36.9. The SMILES string of the molecule is C=C(C)c1ccc(-c2c3nc(c(CCCCCC)c4ccc([nH]4)c(-c4ccc(C(=C)C)cc4)c4nc(c(CCCCCC)c5ccc2[nH]5)C=C4)C=C3)cc1. The van der Waals surface area contributed by atoms with E-state index in [0.29, 0.717) is 0 Å². The fourth-order valence-electron chi connectivity index (χ4n) is 7.76. The quantitative estimate of drug-likeness (QED) is 0.110. The lowest BCUT2D eigenvalue weighted by Crippen LogP contribution is -1.94. The molecule has 8 bridgehead atoms. The Kier molecular flexibility index (Phi) is 11.4. The zero-order valence-electron chi connectivity index (χ0n) is 32.6. The zero-order chi connectivity index (χ0) is 37.6. The molecular weight excluding hydrogens is 657 g/mol. The fraction of sp³-hybridized carbons (Fsp3) is 0.280. The van der Waals surface area contributed by atoms with Crippen LogP contribution in [-0.2, 0) is 12.8 Å². The number of unbranched alkanes of at least 4 members (excludes halogenated alkanes) is 6. The number of fused-ring (bicyclic) bond motifs is 8. The molecule has 274 valence electrons. The first-order chi connectivity index (χ1) is 26.3. The maximum absolute atomic E-state index is 5.44. The van der Waals surface area contributed by atoms with E-state index in [1.54, 1.807) is 0 Å². The summed E-state index contributed by atoms with van der Waals surface area (Å²) in [6.45, 7) is 17.0. The third kappa shape index (κ3) is 7.89. The van der Waals surface area contributed by atoms with Crippen LogP contribution in [0, 0.1) is 0 Å². The van der Waals surface area contributed by atoms with Gasteiger partial charge in [0.1, 0.15) is 0 Å². The highest BCUT2D eigenvalue weighted by molar-refractivity contribution is 5.94. The second-order valence-corrected chi connectivity index (χ2v) is 15.0. The summed E-state index contributed by atoms with van der Waals surface area (Å²) in [5.74, 6) is 0. The van der Waals surface area contributed by atoms with Crippen LogP contribution < -0.4 is 0 Å². The standard InChI is InChI=1S/C50H54N4/c1-7-9-11-13-15-39-41-25-29-45(51-41)49(37-21-17-35(18-22-37)33(3)4)47-31-27-43(53-47)40(16-14-12-10-8-2)44-28-32-48(54-44)50(46-30-26-42(39)52-46)38-23-19-36(20-24-38)34(5)6/h17-32,51,54H,3,5,7-16H2,1-2,4,6H3. The van der Waals surface area contributed by atoms with E-state index >= 15 is 0 Å². The van der Waals surface area contributed by atoms with E-state index in [1.807, 2.05) is 0 Å². The third-order valence-corrected chi connectivity index (χ3v) is 10.9. The molecule has 2 aliphatic rings. The van der Waals surface area contributed by atoms with Crippen LogP contribution >= 0.6 is 0 Å². The van der Waals surface area contributed by atoms with Gasteiger partial charge in [-0.15, -0.1) is 0 Å². The molecule has 0 unspecified atom stereocenters. The number of aromatic amines is 2. The Labute approximate surface area is 321 Å². The summed E-state index contributed by atoms with van der Waals surface area (Å²) < 4.78 is 0. The summed E-state index contributed by atoms with van der Waals surface area (Å²) >= 11 is 0. The Hall–Kier alpha value is -5.48. The molecule has 0 saturated carbocycles. The van der Waals surface area contributed by atoms with Gasteiger partial charge in [0.05, 0.1) is 22.8 Å². The Balaban J connectivity index is 1.55. The van der Waals surface area contributed by atoms with E-state index in [9.17, 15) is 0 Å². The second-order valence-electron chi connectivity index (χ2n) is 15.0. The zero-order valence-corrected chi connectivity index (χ0v) is 32.6. The minimum atomic E-state index is 0.948. The second kappa shape index (κ2) is 16.7. The molecule has 4 nitrogen and oxygen atoms in total. The molecule has 4 heteroatoms. The van der Waals surface area contributed by atoms with Gasteiger partial charge in [0.25, 0.3) is 0 Å². The Bertz CT molecular complexity index is 2220. The van der Waals surface area contributed by atoms with Crippen molar-refractivity contribution in [2.75, 3.05) is 0 Å². The Morgan fingerprint density at radius 2 is 0.833 bits per heavy atom. The molecule has 3 aromatic heterocycles. The number of rotatable bonds is 14. The highest BCUT2D eigenvalue weighted by Gasteiger charge is 2.18. The van der Waals surface area contributed by atoms with Gasteiger partial charge in [-0.2, -0.15) is 0 Å². The summed E-state index contributed by atoms with van der Waals surface area (Å²) in [7, 11) is 0. The lowest BCUT2D eigenvalue weighted by molar-refractivity contribution is 0.667. The summed E-state index contributed by atoms with van der Waals surface area (Å²) in [5, 5.41) is 0. The van der Waals surface area contributed by atoms with Crippen LogP contribution in [-0.4, -0.2) is 19.9 Å². The van der Waals surface area contributed by atoms with Gasteiger partial charge in [0.15, 0.2) is 0 Å². The largest absolute Gasteiger partial charge is 0.355 e. The maximum atomic E-state index is 5.44. The average Bonchev–Trinajstić information content (AvgIpc) is 4.02. The number of aromatic nitrogens is 4. The number of benzene rings is 2. The lowest BCUT2D eigenvalue weighted by Gasteiger charge is -2.08. The molecule has 0 radical (unpaired) electrons. The van der Waals surface area contributed by atoms with Crippen molar-refractivity contribution < 1.29 is 0 Å². The molecule has 2 N–H and O–H groups in total. The average molecular weight is 711 g/mol. The predicted octanol–water partition coefficient (Wildman–Crippen LogP) is 14.3. The number of aryl methyl sites for hydroxylation is 2. The number of hydrogen-bond acceptors (Lipinski definition) is 2. The van der Waals surface area contributed by atoms with E-state index in [4.69, 9.17) is 9.97 Å². The van der Waals surface area contributed by atoms with Crippen molar-refractivity contribution in [1.29, 1.82) is 0 Å². The van der Waals surface area contributed by atoms with Crippen molar-refractivity contribution in [1.82, 2.24) is 19.9 Å². The minimum absolute atomic E-state index is 0.948. The number of allylic oxidation sites excluding steroid dienone is 2. The first-order valence-corrected chi connectivity index (χ1v) is 20.0. The molecule has 0 amide bonds. The molecule has 7 rings (SSSR count). The van der Waals surface area contributed by atoms with Crippen molar-refractivity contribution >= 4 is 57.5 Å². The molecule has 2 aliphatic heterocycles. The van der Waals surface area contributed by atoms with E-state index in [-0.39, 0.29) is 0 Å². The van der Waals surface area contributed by atoms with Crippen molar-refractivity contribution in [3.05, 3.63) is 131 Å². The first-order valence-electron chi connectivity index (χ1n) is 20.0. The molecule has 0 atom stereocenters. The van der Waals surface area contributed by atoms with Gasteiger partial charge in [-0.05, 0) is 110 Å². The maximum Gasteiger partial charge on any atom is 0.0737 e. The predicted molar refractivity (Wildman–Crippen MR) is 235 cm³/mol. The summed E-state index contributed by atoms with van der Waals surface area (Å²) in [6.07, 6.45) is 20.2. The van der Waals surface area contributed by atoms with Gasteiger partial charge in [0, 0.05) is 44.3 Å². The van der Waals surface area contributed by atoms with Crippen molar-refractivity contribution in [2.24, 2.45) is 0 Å². The van der Waals surface area contributed by atoms with Crippen LogP contribution in [0.5, 0.6) is 0 Å². The summed E-state index contributed by atoms with van der Waals surface area (Å²) in [5.41, 5.74) is 19.6. The Morgan fingerprint density at radius 3 is 1.20 bits per heavy atom. The number of nitrogens with one attached hydrogen (secondary N) is 2. The highest BCUT2D eigenvalue weighted by Crippen LogP contribution is 2.35. The number of H-pyrrole nitrogens is 2. The van der Waals surface area contributed by atoms with Crippen molar-refractivity contribution in [2.45, 2.75) is 91.9 Å². The number of hydrogen-bond donors (Lipinski definition) is 2. The molecule has 0 spiro atoms. The Morgan fingerprint density at radius 1 is 0.463 bits per heavy atom. The normalized spacial score (nSPS) is 12.1. The monoisotopic (exact) mass is 710 g/mol. The van der Waals surface area contributed by atoms with E-state index in [0.717, 1.165) is 115 Å². The smallest absolute Gasteiger partial charge is 0.0737 e. The van der Waals surface area contributed by atoms with Gasteiger partial charge in [-0.3, -0.25) is 0 Å². The topological polar surface area (TPSA) is 57.4 Å². The van der Waals surface area contributed by atoms with Crippen LogP contribution in [0.3, 0.4) is 0 Å². The van der Waals surface area contributed by atoms with E-state index < -0.39 is 0 Å². The van der Waals surface area contributed by atoms with Crippen LogP contribution in [0.4, 0.5) is 0 Å². The van der Waals surface area contributed by atoms with Crippen molar-refractivity contribution in [3.63, 3.8) is 0 Å². The minimum Gasteiger partial charge on any atom is -0.355 e. The summed E-state index contributed by atoms with van der Waals surface area (Å²) in [4.78, 5) is 18.7. The summed E-state index contributed by atoms with van der Waals surface area (Å²) in [6, 6.07) is 26.5. The van der Waals surface area contributed by atoms with Crippen LogP contribution in [0.15, 0.2) is 86.0 Å².